The van der Waals surface area contributed by atoms with Crippen molar-refractivity contribution in [1.29, 1.82) is 0 Å². The molecule has 2 heterocycles. The van der Waals surface area contributed by atoms with Crippen LogP contribution in [0.15, 0.2) is 65.2 Å². The lowest BCUT2D eigenvalue weighted by Crippen LogP contribution is -2.09. The summed E-state index contributed by atoms with van der Waals surface area (Å²) in [7, 11) is 0. The molecule has 0 radical (unpaired) electrons. The summed E-state index contributed by atoms with van der Waals surface area (Å²) in [5.41, 5.74) is 10.2. The second-order valence-corrected chi connectivity index (χ2v) is 10.6. The van der Waals surface area contributed by atoms with Crippen molar-refractivity contribution in [2.24, 2.45) is 5.92 Å². The van der Waals surface area contributed by atoms with Crippen molar-refractivity contribution in [1.82, 2.24) is 4.98 Å². The monoisotopic (exact) mass is 477 g/mol. The topological polar surface area (TPSA) is 26.0 Å². The van der Waals surface area contributed by atoms with Crippen LogP contribution < -0.4 is 0 Å². The van der Waals surface area contributed by atoms with Crippen molar-refractivity contribution in [2.75, 3.05) is 0 Å². The van der Waals surface area contributed by atoms with E-state index in [4.69, 9.17) is 9.40 Å². The number of halogens is 1. The van der Waals surface area contributed by atoms with Crippen LogP contribution in [0.1, 0.15) is 54.4 Å². The van der Waals surface area contributed by atoms with Crippen LogP contribution in [-0.4, -0.2) is 4.98 Å². The molecule has 1 aliphatic rings. The number of benzene rings is 3. The van der Waals surface area contributed by atoms with Crippen LogP contribution in [0.2, 0.25) is 0 Å². The van der Waals surface area contributed by atoms with Gasteiger partial charge in [-0.25, -0.2) is 4.39 Å². The largest absolute Gasteiger partial charge is 0.455 e. The van der Waals surface area contributed by atoms with Crippen LogP contribution in [-0.2, 0) is 6.42 Å². The van der Waals surface area contributed by atoms with E-state index < -0.39 is 0 Å². The molecule has 1 saturated carbocycles. The molecule has 0 amide bonds. The van der Waals surface area contributed by atoms with E-state index in [0.717, 1.165) is 73.4 Å². The number of rotatable bonds is 4. The zero-order chi connectivity index (χ0) is 24.8. The first kappa shape index (κ1) is 23.0. The number of para-hydroxylation sites is 1. The summed E-state index contributed by atoms with van der Waals surface area (Å²) >= 11 is 0. The van der Waals surface area contributed by atoms with Crippen molar-refractivity contribution in [3.63, 3.8) is 0 Å². The molecule has 1 aliphatic carbocycles. The van der Waals surface area contributed by atoms with Gasteiger partial charge < -0.3 is 4.42 Å². The van der Waals surface area contributed by atoms with E-state index in [1.54, 1.807) is 12.1 Å². The predicted molar refractivity (Wildman–Crippen MR) is 147 cm³/mol. The highest BCUT2D eigenvalue weighted by molar-refractivity contribution is 6.11. The second kappa shape index (κ2) is 9.20. The molecule has 5 aromatic rings. The molecular weight excluding hydrogens is 445 g/mol. The SMILES string of the molecule is Cc1cc(F)cc(C)c1-c1cc(C)c2c(c1)oc1c(-c3cc(CC4CCCCC4)ccn3)cccc12. The molecule has 6 rings (SSSR count). The zero-order valence-electron chi connectivity index (χ0n) is 21.3. The highest BCUT2D eigenvalue weighted by Crippen LogP contribution is 2.40. The maximum absolute atomic E-state index is 13.9. The van der Waals surface area contributed by atoms with Crippen LogP contribution in [0.3, 0.4) is 0 Å². The number of nitrogens with zero attached hydrogens (tertiary/aromatic N) is 1. The molecule has 182 valence electrons. The zero-order valence-corrected chi connectivity index (χ0v) is 21.3. The summed E-state index contributed by atoms with van der Waals surface area (Å²) in [6, 6.07) is 18.3. The number of hydrogen-bond donors (Lipinski definition) is 0. The number of aryl methyl sites for hydroxylation is 3. The van der Waals surface area contributed by atoms with Crippen LogP contribution >= 0.6 is 0 Å². The molecule has 3 aromatic carbocycles. The van der Waals surface area contributed by atoms with Gasteiger partial charge >= 0.3 is 0 Å². The van der Waals surface area contributed by atoms with Crippen LogP contribution in [0.5, 0.6) is 0 Å². The van der Waals surface area contributed by atoms with Gasteiger partial charge in [-0.3, -0.25) is 4.98 Å². The fraction of sp³-hybridized carbons (Fsp3) is 0.303. The van der Waals surface area contributed by atoms with Gasteiger partial charge in [0.25, 0.3) is 0 Å². The summed E-state index contributed by atoms with van der Waals surface area (Å²) in [4.78, 5) is 4.75. The number of hydrogen-bond acceptors (Lipinski definition) is 2. The van der Waals surface area contributed by atoms with Gasteiger partial charge in [0.15, 0.2) is 0 Å². The average Bonchev–Trinajstić information content (AvgIpc) is 3.23. The molecule has 0 aliphatic heterocycles. The molecule has 2 aromatic heterocycles. The molecule has 0 unspecified atom stereocenters. The molecule has 0 N–H and O–H groups in total. The van der Waals surface area contributed by atoms with Crippen molar-refractivity contribution >= 4 is 21.9 Å². The van der Waals surface area contributed by atoms with Gasteiger partial charge in [-0.1, -0.05) is 50.3 Å². The average molecular weight is 478 g/mol. The Labute approximate surface area is 212 Å². The van der Waals surface area contributed by atoms with Crippen LogP contribution in [0.25, 0.3) is 44.3 Å². The van der Waals surface area contributed by atoms with E-state index in [2.05, 4.69) is 49.4 Å². The highest BCUT2D eigenvalue weighted by Gasteiger charge is 2.18. The molecule has 2 nitrogen and oxygen atoms in total. The van der Waals surface area contributed by atoms with Crippen molar-refractivity contribution in [2.45, 2.75) is 59.3 Å². The van der Waals surface area contributed by atoms with Crippen LogP contribution in [0.4, 0.5) is 4.39 Å². The smallest absolute Gasteiger partial charge is 0.144 e. The Morgan fingerprint density at radius 3 is 2.44 bits per heavy atom. The normalized spacial score (nSPS) is 14.7. The molecule has 0 spiro atoms. The number of furan rings is 1. The van der Waals surface area contributed by atoms with Gasteiger partial charge in [0.05, 0.1) is 5.69 Å². The van der Waals surface area contributed by atoms with E-state index in [1.165, 1.54) is 37.7 Å². The Bertz CT molecular complexity index is 1570. The first-order valence-electron chi connectivity index (χ1n) is 13.2. The Morgan fingerprint density at radius 1 is 0.889 bits per heavy atom. The van der Waals surface area contributed by atoms with Gasteiger partial charge in [0.1, 0.15) is 17.0 Å². The third-order valence-corrected chi connectivity index (χ3v) is 7.93. The van der Waals surface area contributed by atoms with E-state index in [9.17, 15) is 4.39 Å². The number of aromatic nitrogens is 1. The summed E-state index contributed by atoms with van der Waals surface area (Å²) < 4.78 is 20.5. The third kappa shape index (κ3) is 4.11. The Hall–Kier alpha value is -3.46. The second-order valence-electron chi connectivity index (χ2n) is 10.6. The Kier molecular flexibility index (Phi) is 5.87. The number of pyridine rings is 1. The van der Waals surface area contributed by atoms with E-state index in [1.807, 2.05) is 20.0 Å². The lowest BCUT2D eigenvalue weighted by molar-refractivity contribution is 0.356. The Balaban J connectivity index is 1.46. The lowest BCUT2D eigenvalue weighted by atomic mass is 9.85. The molecule has 0 atom stereocenters. The molecule has 3 heteroatoms. The summed E-state index contributed by atoms with van der Waals surface area (Å²) in [6.45, 7) is 6.06. The van der Waals surface area contributed by atoms with Gasteiger partial charge in [-0.15, -0.1) is 0 Å². The Morgan fingerprint density at radius 2 is 1.67 bits per heavy atom. The predicted octanol–water partition coefficient (Wildman–Crippen LogP) is 9.50. The highest BCUT2D eigenvalue weighted by atomic mass is 19.1. The van der Waals surface area contributed by atoms with Gasteiger partial charge in [-0.2, -0.15) is 0 Å². The fourth-order valence-electron chi connectivity index (χ4n) is 6.32. The maximum Gasteiger partial charge on any atom is 0.144 e. The van der Waals surface area contributed by atoms with Crippen molar-refractivity contribution < 1.29 is 8.81 Å². The summed E-state index contributed by atoms with van der Waals surface area (Å²) in [5.74, 6) is 0.591. The maximum atomic E-state index is 13.9. The first-order valence-corrected chi connectivity index (χ1v) is 13.2. The van der Waals surface area contributed by atoms with Crippen molar-refractivity contribution in [3.8, 4) is 22.4 Å². The van der Waals surface area contributed by atoms with Crippen molar-refractivity contribution in [3.05, 3.63) is 88.9 Å². The minimum absolute atomic E-state index is 0.196. The molecule has 1 fully saturated rings. The van der Waals surface area contributed by atoms with Gasteiger partial charge in [0, 0.05) is 22.5 Å². The number of fused-ring (bicyclic) bond motifs is 3. The molecule has 0 saturated heterocycles. The minimum atomic E-state index is -0.196. The van der Waals surface area contributed by atoms with E-state index in [-0.39, 0.29) is 5.82 Å². The van der Waals surface area contributed by atoms with Gasteiger partial charge in [-0.05, 0) is 103 Å². The quantitative estimate of drug-likeness (QED) is 0.258. The van der Waals surface area contributed by atoms with Gasteiger partial charge in [0.2, 0.25) is 0 Å². The fourth-order valence-corrected chi connectivity index (χ4v) is 6.32. The van der Waals surface area contributed by atoms with E-state index in [0.29, 0.717) is 0 Å². The summed E-state index contributed by atoms with van der Waals surface area (Å²) in [5, 5.41) is 2.24. The molecule has 0 bridgehead atoms. The molecular formula is C33H32FNO. The molecule has 36 heavy (non-hydrogen) atoms. The standard InChI is InChI=1S/C33H32FNO/c1-20-14-25(31-21(2)15-26(34)16-22(31)3)19-30-32(20)28-11-7-10-27(33(28)36-30)29-18-24(12-13-35-29)17-23-8-5-4-6-9-23/h7,10-16,18-19,23H,4-6,8-9,17H2,1-3H3. The van der Waals surface area contributed by atoms with E-state index >= 15 is 0 Å². The van der Waals surface area contributed by atoms with Crippen LogP contribution in [0, 0.1) is 32.5 Å². The lowest BCUT2D eigenvalue weighted by Gasteiger charge is -2.21. The first-order chi connectivity index (χ1) is 17.5. The third-order valence-electron chi connectivity index (χ3n) is 7.93. The minimum Gasteiger partial charge on any atom is -0.455 e. The summed E-state index contributed by atoms with van der Waals surface area (Å²) in [6.07, 6.45) is 9.85.